The lowest BCUT2D eigenvalue weighted by molar-refractivity contribution is -0.138. The molecular formula is C19H25N3O4S. The van der Waals surface area contributed by atoms with Crippen molar-refractivity contribution in [2.75, 3.05) is 6.61 Å². The van der Waals surface area contributed by atoms with Crippen molar-refractivity contribution in [3.8, 4) is 5.75 Å². The molecule has 1 fully saturated rings. The van der Waals surface area contributed by atoms with Gasteiger partial charge in [-0.3, -0.25) is 9.59 Å². The minimum Gasteiger partial charge on any atom is -0.494 e. The molecule has 0 saturated carbocycles. The van der Waals surface area contributed by atoms with E-state index in [9.17, 15) is 9.59 Å². The number of aryl methyl sites for hydroxylation is 2. The number of benzene rings is 1. The Kier molecular flexibility index (Phi) is 7.41. The first kappa shape index (κ1) is 21.0. The van der Waals surface area contributed by atoms with Crippen LogP contribution in [-0.2, 0) is 9.59 Å². The zero-order valence-corrected chi connectivity index (χ0v) is 16.8. The third-order valence-electron chi connectivity index (χ3n) is 4.00. The summed E-state index contributed by atoms with van der Waals surface area (Å²) >= 11 is 1.08. The van der Waals surface area contributed by atoms with Crippen LogP contribution in [-0.4, -0.2) is 40.2 Å². The van der Waals surface area contributed by atoms with Crippen molar-refractivity contribution in [2.24, 2.45) is 16.1 Å². The molecule has 2 rings (SSSR count). The van der Waals surface area contributed by atoms with Crippen molar-refractivity contribution in [2.45, 2.75) is 45.8 Å². The minimum atomic E-state index is -1.02. The summed E-state index contributed by atoms with van der Waals surface area (Å²) in [6.07, 6.45) is 2.40. The second-order valence-corrected chi connectivity index (χ2v) is 8.04. The van der Waals surface area contributed by atoms with E-state index in [0.29, 0.717) is 17.7 Å². The molecule has 1 aromatic carbocycles. The molecule has 146 valence electrons. The van der Waals surface area contributed by atoms with E-state index in [4.69, 9.17) is 9.84 Å². The number of hydrogen-bond acceptors (Lipinski definition) is 6. The number of carbonyl (C=O) groups is 2. The Morgan fingerprint density at radius 3 is 2.63 bits per heavy atom. The Hall–Kier alpha value is -2.35. The maximum absolute atomic E-state index is 11.7. The van der Waals surface area contributed by atoms with E-state index in [1.807, 2.05) is 26.0 Å². The second kappa shape index (κ2) is 9.55. The van der Waals surface area contributed by atoms with Gasteiger partial charge in [0.2, 0.25) is 5.91 Å². The van der Waals surface area contributed by atoms with Gasteiger partial charge in [0.15, 0.2) is 5.17 Å². The van der Waals surface area contributed by atoms with Gasteiger partial charge in [-0.1, -0.05) is 25.6 Å². The SMILES string of the molecule is Cc1cc(OCCC(C)C)cc(C)c1C=NN=C1NC(=O)C(CC(=O)O)S1. The third kappa shape index (κ3) is 6.39. The molecule has 8 heteroatoms. The lowest BCUT2D eigenvalue weighted by Crippen LogP contribution is -2.26. The summed E-state index contributed by atoms with van der Waals surface area (Å²) < 4.78 is 5.80. The van der Waals surface area contributed by atoms with Crippen molar-refractivity contribution in [1.82, 2.24) is 5.32 Å². The molecule has 7 nitrogen and oxygen atoms in total. The van der Waals surface area contributed by atoms with Gasteiger partial charge in [-0.25, -0.2) is 0 Å². The highest BCUT2D eigenvalue weighted by Crippen LogP contribution is 2.23. The number of hydrogen-bond donors (Lipinski definition) is 2. The molecule has 27 heavy (non-hydrogen) atoms. The quantitative estimate of drug-likeness (QED) is 0.524. The van der Waals surface area contributed by atoms with Gasteiger partial charge in [0, 0.05) is 5.56 Å². The normalized spacial score (nSPS) is 18.5. The Labute approximate surface area is 163 Å². The molecule has 1 amide bonds. The van der Waals surface area contributed by atoms with E-state index >= 15 is 0 Å². The molecule has 2 N–H and O–H groups in total. The van der Waals surface area contributed by atoms with E-state index in [2.05, 4.69) is 29.4 Å². The van der Waals surface area contributed by atoms with Crippen molar-refractivity contribution in [3.63, 3.8) is 0 Å². The summed E-state index contributed by atoms with van der Waals surface area (Å²) in [5.74, 6) is 0.0620. The maximum atomic E-state index is 11.7. The second-order valence-electron chi connectivity index (χ2n) is 6.85. The van der Waals surface area contributed by atoms with Crippen LogP contribution in [0.4, 0.5) is 0 Å². The summed E-state index contributed by atoms with van der Waals surface area (Å²) in [4.78, 5) is 22.4. The van der Waals surface area contributed by atoms with Crippen LogP contribution >= 0.6 is 11.8 Å². The van der Waals surface area contributed by atoms with Crippen molar-refractivity contribution in [1.29, 1.82) is 0 Å². The van der Waals surface area contributed by atoms with Crippen LogP contribution in [0.25, 0.3) is 0 Å². The highest BCUT2D eigenvalue weighted by Gasteiger charge is 2.32. The van der Waals surface area contributed by atoms with E-state index in [0.717, 1.165) is 40.6 Å². The first-order valence-electron chi connectivity index (χ1n) is 8.80. The number of amidine groups is 1. The van der Waals surface area contributed by atoms with Gasteiger partial charge in [-0.15, -0.1) is 5.10 Å². The lowest BCUT2D eigenvalue weighted by atomic mass is 10.0. The van der Waals surface area contributed by atoms with Crippen LogP contribution in [0.3, 0.4) is 0 Å². The first-order chi connectivity index (χ1) is 12.8. The number of nitrogens with one attached hydrogen (secondary N) is 1. The van der Waals surface area contributed by atoms with E-state index in [1.165, 1.54) is 0 Å². The summed E-state index contributed by atoms with van der Waals surface area (Å²) in [7, 11) is 0. The van der Waals surface area contributed by atoms with Gasteiger partial charge in [-0.2, -0.15) is 5.10 Å². The molecule has 1 aromatic rings. The molecular weight excluding hydrogens is 366 g/mol. The van der Waals surface area contributed by atoms with Crippen molar-refractivity contribution >= 4 is 35.0 Å². The molecule has 0 aromatic heterocycles. The molecule has 1 aliphatic rings. The molecule has 0 spiro atoms. The van der Waals surface area contributed by atoms with E-state index in [-0.39, 0.29) is 12.3 Å². The van der Waals surface area contributed by atoms with Crippen LogP contribution in [0.15, 0.2) is 22.3 Å². The number of carbonyl (C=O) groups excluding carboxylic acids is 1. The van der Waals surface area contributed by atoms with E-state index in [1.54, 1.807) is 6.21 Å². The van der Waals surface area contributed by atoms with Crippen molar-refractivity contribution in [3.05, 3.63) is 28.8 Å². The minimum absolute atomic E-state index is 0.240. The first-order valence-corrected chi connectivity index (χ1v) is 9.68. The fourth-order valence-electron chi connectivity index (χ4n) is 2.52. The number of nitrogens with zero attached hydrogens (tertiary/aromatic N) is 2. The average molecular weight is 391 g/mol. The topological polar surface area (TPSA) is 100 Å². The Morgan fingerprint density at radius 1 is 1.37 bits per heavy atom. The predicted octanol–water partition coefficient (Wildman–Crippen LogP) is 3.12. The Bertz CT molecular complexity index is 751. The number of aliphatic carboxylic acids is 1. The zero-order chi connectivity index (χ0) is 20.0. The molecule has 1 saturated heterocycles. The molecule has 1 atom stereocenters. The lowest BCUT2D eigenvalue weighted by Gasteiger charge is -2.11. The van der Waals surface area contributed by atoms with Gasteiger partial charge < -0.3 is 15.2 Å². The van der Waals surface area contributed by atoms with Crippen LogP contribution in [0.1, 0.15) is 43.4 Å². The molecule has 1 aliphatic heterocycles. The van der Waals surface area contributed by atoms with Gasteiger partial charge in [-0.05, 0) is 49.4 Å². The fourth-order valence-corrected chi connectivity index (χ4v) is 3.43. The van der Waals surface area contributed by atoms with Crippen LogP contribution < -0.4 is 10.1 Å². The maximum Gasteiger partial charge on any atom is 0.305 e. The van der Waals surface area contributed by atoms with Crippen LogP contribution in [0, 0.1) is 19.8 Å². The highest BCUT2D eigenvalue weighted by atomic mass is 32.2. The monoisotopic (exact) mass is 391 g/mol. The molecule has 1 unspecified atom stereocenters. The number of carboxylic acid groups (broad SMARTS) is 1. The Balaban J connectivity index is 2.02. The van der Waals surface area contributed by atoms with Crippen LogP contribution in [0.5, 0.6) is 5.75 Å². The fraction of sp³-hybridized carbons (Fsp3) is 0.474. The van der Waals surface area contributed by atoms with Crippen LogP contribution in [0.2, 0.25) is 0 Å². The molecule has 0 bridgehead atoms. The Morgan fingerprint density at radius 2 is 2.04 bits per heavy atom. The van der Waals surface area contributed by atoms with Gasteiger partial charge in [0.05, 0.1) is 19.2 Å². The summed E-state index contributed by atoms with van der Waals surface area (Å²) in [5, 5.41) is 19.0. The van der Waals surface area contributed by atoms with Gasteiger partial charge in [0.1, 0.15) is 11.0 Å². The van der Waals surface area contributed by atoms with Gasteiger partial charge >= 0.3 is 5.97 Å². The number of amides is 1. The molecule has 0 radical (unpaired) electrons. The number of carboxylic acids is 1. The standard InChI is InChI=1S/C19H25N3O4S/c1-11(2)5-6-26-14-7-12(3)15(13(4)8-14)10-20-22-19-21-18(25)16(27-19)9-17(23)24/h7-8,10-11,16H,5-6,9H2,1-4H3,(H,23,24)(H,21,22,25). The molecule has 1 heterocycles. The smallest absolute Gasteiger partial charge is 0.305 e. The molecule has 0 aliphatic carbocycles. The highest BCUT2D eigenvalue weighted by molar-refractivity contribution is 8.15. The average Bonchev–Trinajstić information content (AvgIpc) is 2.89. The number of thioether (sulfide) groups is 1. The summed E-state index contributed by atoms with van der Waals surface area (Å²) in [5.41, 5.74) is 2.97. The van der Waals surface area contributed by atoms with Crippen molar-refractivity contribution < 1.29 is 19.4 Å². The van der Waals surface area contributed by atoms with E-state index < -0.39 is 11.2 Å². The zero-order valence-electron chi connectivity index (χ0n) is 16.0. The predicted molar refractivity (Wildman–Crippen MR) is 108 cm³/mol. The summed E-state index contributed by atoms with van der Waals surface area (Å²) in [6, 6.07) is 3.94. The third-order valence-corrected chi connectivity index (χ3v) is 5.08. The number of rotatable bonds is 8. The largest absolute Gasteiger partial charge is 0.494 e. The number of ether oxygens (including phenoxy) is 1. The summed E-state index contributed by atoms with van der Waals surface area (Å²) in [6.45, 7) is 8.97. The van der Waals surface area contributed by atoms with Gasteiger partial charge in [0.25, 0.3) is 0 Å².